The highest BCUT2D eigenvalue weighted by atomic mass is 16.4. The van der Waals surface area contributed by atoms with E-state index in [-0.39, 0.29) is 17.7 Å². The number of rotatable bonds is 4. The number of carbonyl (C=O) groups is 2. The number of amides is 1. The van der Waals surface area contributed by atoms with Gasteiger partial charge in [0.2, 0.25) is 5.91 Å². The van der Waals surface area contributed by atoms with E-state index in [2.05, 4.69) is 5.32 Å². The van der Waals surface area contributed by atoms with Gasteiger partial charge in [-0.05, 0) is 18.8 Å². The average molecular weight is 213 g/mol. The summed E-state index contributed by atoms with van der Waals surface area (Å²) in [6.07, 6.45) is 3.96. The Bertz CT molecular complexity index is 244. The molecule has 0 radical (unpaired) electrons. The summed E-state index contributed by atoms with van der Waals surface area (Å²) in [4.78, 5) is 22.6. The van der Waals surface area contributed by atoms with Crippen LogP contribution >= 0.6 is 0 Å². The second-order valence-corrected chi connectivity index (χ2v) is 4.55. The first-order valence-electron chi connectivity index (χ1n) is 5.55. The van der Waals surface area contributed by atoms with Crippen molar-refractivity contribution in [3.63, 3.8) is 0 Å². The van der Waals surface area contributed by atoms with E-state index in [1.54, 1.807) is 13.8 Å². The van der Waals surface area contributed by atoms with Crippen molar-refractivity contribution in [1.82, 2.24) is 5.32 Å². The molecule has 0 heterocycles. The molecule has 0 bridgehead atoms. The Hall–Kier alpha value is -1.06. The van der Waals surface area contributed by atoms with Crippen molar-refractivity contribution in [3.05, 3.63) is 0 Å². The Morgan fingerprint density at radius 2 is 1.80 bits per heavy atom. The lowest BCUT2D eigenvalue weighted by molar-refractivity contribution is -0.143. The quantitative estimate of drug-likeness (QED) is 0.741. The van der Waals surface area contributed by atoms with Gasteiger partial charge in [0.1, 0.15) is 6.04 Å². The fraction of sp³-hybridized carbons (Fsp3) is 0.818. The molecule has 1 amide bonds. The van der Waals surface area contributed by atoms with Gasteiger partial charge in [-0.1, -0.05) is 26.7 Å². The summed E-state index contributed by atoms with van der Waals surface area (Å²) < 4.78 is 0. The zero-order valence-corrected chi connectivity index (χ0v) is 9.32. The lowest BCUT2D eigenvalue weighted by Gasteiger charge is -2.20. The summed E-state index contributed by atoms with van der Waals surface area (Å²) in [6, 6.07) is -0.752. The van der Waals surface area contributed by atoms with Crippen molar-refractivity contribution in [3.8, 4) is 0 Å². The summed E-state index contributed by atoms with van der Waals surface area (Å²) in [5.74, 6) is -1.08. The van der Waals surface area contributed by atoms with Crippen molar-refractivity contribution in [2.24, 2.45) is 11.8 Å². The third kappa shape index (κ3) is 3.22. The van der Waals surface area contributed by atoms with Gasteiger partial charge in [-0.3, -0.25) is 4.79 Å². The first kappa shape index (κ1) is 12.0. The number of hydrogen-bond donors (Lipinski definition) is 2. The van der Waals surface area contributed by atoms with Gasteiger partial charge in [0.15, 0.2) is 0 Å². The molecule has 0 saturated heterocycles. The molecule has 0 spiro atoms. The molecule has 1 fully saturated rings. The normalized spacial score (nSPS) is 19.1. The van der Waals surface area contributed by atoms with Crippen LogP contribution in [0.25, 0.3) is 0 Å². The van der Waals surface area contributed by atoms with E-state index >= 15 is 0 Å². The van der Waals surface area contributed by atoms with Crippen LogP contribution in [0.5, 0.6) is 0 Å². The molecule has 1 atom stereocenters. The van der Waals surface area contributed by atoms with Crippen LogP contribution in [0.4, 0.5) is 0 Å². The average Bonchev–Trinajstić information content (AvgIpc) is 2.65. The molecule has 0 aromatic carbocycles. The van der Waals surface area contributed by atoms with E-state index in [9.17, 15) is 9.59 Å². The zero-order valence-electron chi connectivity index (χ0n) is 9.32. The second-order valence-electron chi connectivity index (χ2n) is 4.55. The number of nitrogens with one attached hydrogen (secondary N) is 1. The molecule has 4 nitrogen and oxygen atoms in total. The van der Waals surface area contributed by atoms with Gasteiger partial charge in [-0.25, -0.2) is 4.79 Å². The van der Waals surface area contributed by atoms with Crippen LogP contribution < -0.4 is 5.32 Å². The fourth-order valence-corrected chi connectivity index (χ4v) is 1.97. The van der Waals surface area contributed by atoms with Gasteiger partial charge in [0.05, 0.1) is 0 Å². The predicted molar refractivity (Wildman–Crippen MR) is 56.4 cm³/mol. The van der Waals surface area contributed by atoms with Crippen molar-refractivity contribution < 1.29 is 14.7 Å². The highest BCUT2D eigenvalue weighted by Gasteiger charge is 2.28. The van der Waals surface area contributed by atoms with Crippen LogP contribution in [0.2, 0.25) is 0 Å². The fourth-order valence-electron chi connectivity index (χ4n) is 1.97. The van der Waals surface area contributed by atoms with Gasteiger partial charge in [0.25, 0.3) is 0 Å². The van der Waals surface area contributed by atoms with Gasteiger partial charge in [0, 0.05) is 5.92 Å². The number of carbonyl (C=O) groups excluding carboxylic acids is 1. The molecule has 1 rings (SSSR count). The van der Waals surface area contributed by atoms with Crippen LogP contribution in [0, 0.1) is 11.8 Å². The molecule has 0 aliphatic heterocycles. The first-order valence-corrected chi connectivity index (χ1v) is 5.55. The van der Waals surface area contributed by atoms with Gasteiger partial charge < -0.3 is 10.4 Å². The molecule has 4 heteroatoms. The van der Waals surface area contributed by atoms with Crippen LogP contribution in [0.15, 0.2) is 0 Å². The molecule has 1 aliphatic carbocycles. The van der Waals surface area contributed by atoms with Crippen molar-refractivity contribution in [2.75, 3.05) is 0 Å². The molecule has 1 unspecified atom stereocenters. The minimum absolute atomic E-state index is 0.0330. The topological polar surface area (TPSA) is 66.4 Å². The minimum atomic E-state index is -0.948. The van der Waals surface area contributed by atoms with Crippen molar-refractivity contribution >= 4 is 11.9 Å². The minimum Gasteiger partial charge on any atom is -0.480 e. The van der Waals surface area contributed by atoms with E-state index in [0.717, 1.165) is 25.7 Å². The van der Waals surface area contributed by atoms with Gasteiger partial charge in [-0.15, -0.1) is 0 Å². The van der Waals surface area contributed by atoms with Gasteiger partial charge in [-0.2, -0.15) is 0 Å². The first-order chi connectivity index (χ1) is 7.02. The van der Waals surface area contributed by atoms with Crippen LogP contribution in [0.3, 0.4) is 0 Å². The Balaban J connectivity index is 2.50. The molecular weight excluding hydrogens is 194 g/mol. The largest absolute Gasteiger partial charge is 0.480 e. The Kier molecular flexibility index (Phi) is 4.12. The molecule has 1 saturated carbocycles. The third-order valence-corrected chi connectivity index (χ3v) is 2.96. The monoisotopic (exact) mass is 213 g/mol. The van der Waals surface area contributed by atoms with E-state index in [1.807, 2.05) is 0 Å². The standard InChI is InChI=1S/C11H19NO3/c1-7(2)9(11(14)15)12-10(13)8-5-3-4-6-8/h7-9H,3-6H2,1-2H3,(H,12,13)(H,14,15). The van der Waals surface area contributed by atoms with Crippen LogP contribution in [0.1, 0.15) is 39.5 Å². The summed E-state index contributed by atoms with van der Waals surface area (Å²) in [5, 5.41) is 11.5. The second kappa shape index (κ2) is 5.14. The Labute approximate surface area is 90.0 Å². The number of aliphatic carboxylic acids is 1. The summed E-state index contributed by atoms with van der Waals surface area (Å²) in [7, 11) is 0. The number of hydrogen-bond acceptors (Lipinski definition) is 2. The smallest absolute Gasteiger partial charge is 0.326 e. The molecule has 1 aliphatic rings. The molecular formula is C11H19NO3. The predicted octanol–water partition coefficient (Wildman–Crippen LogP) is 1.40. The van der Waals surface area contributed by atoms with Crippen LogP contribution in [-0.4, -0.2) is 23.0 Å². The highest BCUT2D eigenvalue weighted by molar-refractivity contribution is 5.85. The van der Waals surface area contributed by atoms with E-state index in [1.165, 1.54) is 0 Å². The molecule has 0 aromatic rings. The number of carboxylic acids is 1. The van der Waals surface area contributed by atoms with E-state index in [0.29, 0.717) is 0 Å². The summed E-state index contributed by atoms with van der Waals surface area (Å²) in [5.41, 5.74) is 0. The van der Waals surface area contributed by atoms with Crippen molar-refractivity contribution in [2.45, 2.75) is 45.6 Å². The Morgan fingerprint density at radius 3 is 2.20 bits per heavy atom. The summed E-state index contributed by atoms with van der Waals surface area (Å²) in [6.45, 7) is 3.60. The third-order valence-electron chi connectivity index (χ3n) is 2.96. The lowest BCUT2D eigenvalue weighted by Crippen LogP contribution is -2.46. The number of carboxylic acid groups (broad SMARTS) is 1. The maximum Gasteiger partial charge on any atom is 0.326 e. The maximum atomic E-state index is 11.7. The van der Waals surface area contributed by atoms with Crippen molar-refractivity contribution in [1.29, 1.82) is 0 Å². The zero-order chi connectivity index (χ0) is 11.4. The van der Waals surface area contributed by atoms with E-state index in [4.69, 9.17) is 5.11 Å². The SMILES string of the molecule is CC(C)C(NC(=O)C1CCCC1)C(=O)O. The highest BCUT2D eigenvalue weighted by Crippen LogP contribution is 2.24. The Morgan fingerprint density at radius 1 is 1.27 bits per heavy atom. The summed E-state index contributed by atoms with van der Waals surface area (Å²) >= 11 is 0. The molecule has 0 aromatic heterocycles. The molecule has 15 heavy (non-hydrogen) atoms. The van der Waals surface area contributed by atoms with Crippen LogP contribution in [-0.2, 0) is 9.59 Å². The lowest BCUT2D eigenvalue weighted by atomic mass is 10.0. The molecule has 86 valence electrons. The van der Waals surface area contributed by atoms with Gasteiger partial charge >= 0.3 is 5.97 Å². The maximum absolute atomic E-state index is 11.7. The van der Waals surface area contributed by atoms with E-state index < -0.39 is 12.0 Å². The molecule has 2 N–H and O–H groups in total.